The zero-order chi connectivity index (χ0) is 20.4. The molecule has 14 nitrogen and oxygen atoms in total. The second-order valence-corrected chi connectivity index (χ2v) is 6.10. The first-order valence-corrected chi connectivity index (χ1v) is 8.08. The lowest BCUT2D eigenvalue weighted by Gasteiger charge is -2.41. The SMILES string of the molecule is CC1CN(c2ccc([N+](=O)[O-])cc2[N+](=O)[O-])CCN1/C(=N/O)c1nonc1N. The normalized spacial score (nSPS) is 17.6. The monoisotopic (exact) mass is 392 g/mol. The Morgan fingerprint density at radius 3 is 2.61 bits per heavy atom. The van der Waals surface area contributed by atoms with E-state index in [0.717, 1.165) is 6.07 Å². The summed E-state index contributed by atoms with van der Waals surface area (Å²) in [6, 6.07) is 3.26. The van der Waals surface area contributed by atoms with Crippen LogP contribution in [0.2, 0.25) is 0 Å². The van der Waals surface area contributed by atoms with Crippen LogP contribution in [0.25, 0.3) is 0 Å². The van der Waals surface area contributed by atoms with Crippen molar-refractivity contribution in [2.45, 2.75) is 13.0 Å². The molecule has 1 fully saturated rings. The van der Waals surface area contributed by atoms with Gasteiger partial charge in [0.05, 0.1) is 15.9 Å². The Morgan fingerprint density at radius 1 is 1.32 bits per heavy atom. The molecular formula is C14H16N8O6. The molecule has 1 atom stereocenters. The van der Waals surface area contributed by atoms with E-state index in [1.807, 2.05) is 6.92 Å². The molecule has 3 N–H and O–H groups in total. The van der Waals surface area contributed by atoms with E-state index >= 15 is 0 Å². The molecule has 1 aliphatic rings. The Bertz CT molecular complexity index is 944. The van der Waals surface area contributed by atoms with Crippen LogP contribution in [0.15, 0.2) is 28.0 Å². The van der Waals surface area contributed by atoms with Crippen molar-refractivity contribution in [1.82, 2.24) is 15.2 Å². The van der Waals surface area contributed by atoms with E-state index in [1.165, 1.54) is 12.1 Å². The molecule has 0 radical (unpaired) electrons. The van der Waals surface area contributed by atoms with Crippen LogP contribution >= 0.6 is 0 Å². The molecule has 1 aliphatic heterocycles. The van der Waals surface area contributed by atoms with Crippen molar-refractivity contribution in [2.75, 3.05) is 30.3 Å². The zero-order valence-electron chi connectivity index (χ0n) is 14.6. The van der Waals surface area contributed by atoms with Gasteiger partial charge in [-0.15, -0.1) is 0 Å². The van der Waals surface area contributed by atoms with Gasteiger partial charge in [0.2, 0.25) is 5.84 Å². The minimum Gasteiger partial charge on any atom is -0.409 e. The Hall–Kier alpha value is -3.97. The third-order valence-corrected chi connectivity index (χ3v) is 4.43. The van der Waals surface area contributed by atoms with Crippen molar-refractivity contribution in [2.24, 2.45) is 5.16 Å². The lowest BCUT2D eigenvalue weighted by atomic mass is 10.1. The number of nitro benzene ring substituents is 2. The van der Waals surface area contributed by atoms with E-state index in [0.29, 0.717) is 19.6 Å². The zero-order valence-corrected chi connectivity index (χ0v) is 14.6. The lowest BCUT2D eigenvalue weighted by Crippen LogP contribution is -2.54. The third kappa shape index (κ3) is 3.34. The molecule has 1 aromatic heterocycles. The number of nitrogens with two attached hydrogens (primary N) is 1. The maximum absolute atomic E-state index is 11.4. The molecule has 2 heterocycles. The highest BCUT2D eigenvalue weighted by molar-refractivity contribution is 6.00. The topological polar surface area (TPSA) is 190 Å². The van der Waals surface area contributed by atoms with Crippen molar-refractivity contribution in [3.63, 3.8) is 0 Å². The van der Waals surface area contributed by atoms with Gasteiger partial charge in [-0.1, -0.05) is 5.16 Å². The fourth-order valence-electron chi connectivity index (χ4n) is 3.12. The summed E-state index contributed by atoms with van der Waals surface area (Å²) < 4.78 is 4.53. The molecule has 1 unspecified atom stereocenters. The molecule has 28 heavy (non-hydrogen) atoms. The lowest BCUT2D eigenvalue weighted by molar-refractivity contribution is -0.393. The predicted molar refractivity (Wildman–Crippen MR) is 95.2 cm³/mol. The van der Waals surface area contributed by atoms with E-state index < -0.39 is 9.85 Å². The maximum atomic E-state index is 11.4. The molecule has 0 spiro atoms. The minimum absolute atomic E-state index is 0.0339. The molecular weight excluding hydrogens is 376 g/mol. The Balaban J connectivity index is 1.85. The number of rotatable bonds is 4. The van der Waals surface area contributed by atoms with E-state index in [4.69, 9.17) is 5.73 Å². The number of piperazine rings is 1. The van der Waals surface area contributed by atoms with Crippen LogP contribution in [-0.2, 0) is 0 Å². The molecule has 1 aromatic carbocycles. The van der Waals surface area contributed by atoms with Crippen LogP contribution in [0.3, 0.4) is 0 Å². The summed E-state index contributed by atoms with van der Waals surface area (Å²) in [5.41, 5.74) is 5.30. The molecule has 2 aromatic rings. The number of nitrogen functional groups attached to an aromatic ring is 1. The molecule has 0 amide bonds. The fraction of sp³-hybridized carbons (Fsp3) is 0.357. The summed E-state index contributed by atoms with van der Waals surface area (Å²) in [6.07, 6.45) is 0. The summed E-state index contributed by atoms with van der Waals surface area (Å²) >= 11 is 0. The first kappa shape index (κ1) is 18.8. The predicted octanol–water partition coefficient (Wildman–Crippen LogP) is 0.815. The first-order valence-electron chi connectivity index (χ1n) is 8.08. The number of nitrogens with zero attached hydrogens (tertiary/aromatic N) is 7. The van der Waals surface area contributed by atoms with Crippen molar-refractivity contribution in [3.05, 3.63) is 44.1 Å². The summed E-state index contributed by atoms with van der Waals surface area (Å²) in [6.45, 7) is 2.79. The van der Waals surface area contributed by atoms with Gasteiger partial charge in [-0.3, -0.25) is 20.2 Å². The Labute approximate surface area is 157 Å². The number of anilines is 2. The average Bonchev–Trinajstić information content (AvgIpc) is 3.08. The van der Waals surface area contributed by atoms with Gasteiger partial charge < -0.3 is 20.7 Å². The van der Waals surface area contributed by atoms with Crippen LogP contribution < -0.4 is 10.6 Å². The van der Waals surface area contributed by atoms with Gasteiger partial charge in [0, 0.05) is 31.7 Å². The summed E-state index contributed by atoms with van der Waals surface area (Å²) in [4.78, 5) is 24.4. The van der Waals surface area contributed by atoms with Crippen LogP contribution in [0.4, 0.5) is 22.9 Å². The maximum Gasteiger partial charge on any atom is 0.299 e. The number of amidine groups is 1. The number of benzene rings is 1. The van der Waals surface area contributed by atoms with Crippen molar-refractivity contribution in [3.8, 4) is 0 Å². The first-order chi connectivity index (χ1) is 13.3. The molecule has 14 heteroatoms. The average molecular weight is 392 g/mol. The highest BCUT2D eigenvalue weighted by atomic mass is 16.6. The number of oxime groups is 1. The van der Waals surface area contributed by atoms with E-state index in [2.05, 4.69) is 20.1 Å². The van der Waals surface area contributed by atoms with Crippen molar-refractivity contribution < 1.29 is 19.7 Å². The largest absolute Gasteiger partial charge is 0.409 e. The number of nitro groups is 2. The summed E-state index contributed by atoms with van der Waals surface area (Å²) in [7, 11) is 0. The number of hydrogen-bond acceptors (Lipinski definition) is 11. The van der Waals surface area contributed by atoms with Gasteiger partial charge >= 0.3 is 0 Å². The van der Waals surface area contributed by atoms with Gasteiger partial charge in [-0.05, 0) is 23.3 Å². The smallest absolute Gasteiger partial charge is 0.299 e. The van der Waals surface area contributed by atoms with Crippen LogP contribution in [0.1, 0.15) is 12.6 Å². The van der Waals surface area contributed by atoms with Crippen molar-refractivity contribution in [1.29, 1.82) is 0 Å². The molecule has 0 bridgehead atoms. The quantitative estimate of drug-likeness (QED) is 0.246. The Kier molecular flexibility index (Phi) is 4.93. The number of non-ortho nitro benzene ring substituents is 1. The second-order valence-electron chi connectivity index (χ2n) is 6.10. The van der Waals surface area contributed by atoms with Gasteiger partial charge in [0.1, 0.15) is 5.69 Å². The van der Waals surface area contributed by atoms with E-state index in [-0.39, 0.29) is 40.5 Å². The summed E-state index contributed by atoms with van der Waals surface area (Å²) in [5, 5.41) is 42.0. The third-order valence-electron chi connectivity index (χ3n) is 4.43. The van der Waals surface area contributed by atoms with E-state index in [9.17, 15) is 25.4 Å². The minimum atomic E-state index is -0.683. The molecule has 0 aliphatic carbocycles. The summed E-state index contributed by atoms with van der Waals surface area (Å²) in [5.74, 6) is 0.0394. The fourth-order valence-corrected chi connectivity index (χ4v) is 3.12. The molecule has 3 rings (SSSR count). The number of aromatic nitrogens is 2. The number of hydrogen-bond donors (Lipinski definition) is 2. The molecule has 0 saturated carbocycles. The molecule has 148 valence electrons. The van der Waals surface area contributed by atoms with Gasteiger partial charge in [-0.25, -0.2) is 4.63 Å². The standard InChI is InChI=1S/C14H16N8O6/c1-8-7-19(10-3-2-9(21(24)25)6-11(10)22(26)27)4-5-20(8)14(16-23)12-13(15)18-28-17-12/h2-3,6,8,23H,4-5,7H2,1H3,(H2,15,18)/b16-14+. The van der Waals surface area contributed by atoms with Crippen molar-refractivity contribution >= 4 is 28.7 Å². The van der Waals surface area contributed by atoms with Gasteiger partial charge in [0.15, 0.2) is 11.5 Å². The van der Waals surface area contributed by atoms with Gasteiger partial charge in [-0.2, -0.15) is 0 Å². The molecule has 1 saturated heterocycles. The van der Waals surface area contributed by atoms with Crippen LogP contribution in [-0.4, -0.2) is 61.8 Å². The van der Waals surface area contributed by atoms with Gasteiger partial charge in [0.25, 0.3) is 11.4 Å². The second kappa shape index (κ2) is 7.34. The van der Waals surface area contributed by atoms with Crippen LogP contribution in [0, 0.1) is 20.2 Å². The van der Waals surface area contributed by atoms with Crippen LogP contribution in [0.5, 0.6) is 0 Å². The highest BCUT2D eigenvalue weighted by Crippen LogP contribution is 2.33. The Morgan fingerprint density at radius 2 is 2.07 bits per heavy atom. The van der Waals surface area contributed by atoms with E-state index in [1.54, 1.807) is 9.80 Å². The highest BCUT2D eigenvalue weighted by Gasteiger charge is 2.33.